The van der Waals surface area contributed by atoms with Crippen LogP contribution in [0.1, 0.15) is 38.7 Å². The van der Waals surface area contributed by atoms with E-state index in [0.29, 0.717) is 19.0 Å². The summed E-state index contributed by atoms with van der Waals surface area (Å²) in [6.45, 7) is 7.62. The largest absolute Gasteiger partial charge is 0.465 e. The molecule has 1 heterocycles. The predicted molar refractivity (Wildman–Crippen MR) is 65.3 cm³/mol. The molecule has 1 rings (SSSR count). The number of hydrogen-bond acceptors (Lipinski definition) is 3. The molecule has 0 saturated heterocycles. The summed E-state index contributed by atoms with van der Waals surface area (Å²) in [4.78, 5) is 0. The molecule has 0 bridgehead atoms. The van der Waals surface area contributed by atoms with E-state index in [1.165, 1.54) is 0 Å². The van der Waals surface area contributed by atoms with E-state index >= 15 is 0 Å². The molecule has 1 aromatic heterocycles. The number of aliphatic hydroxyl groups excluding tert-OH is 1. The monoisotopic (exact) mass is 225 g/mol. The molecule has 2 N–H and O–H groups in total. The van der Waals surface area contributed by atoms with E-state index in [0.717, 1.165) is 24.4 Å². The van der Waals surface area contributed by atoms with Gasteiger partial charge in [0.2, 0.25) is 0 Å². The van der Waals surface area contributed by atoms with Gasteiger partial charge in [-0.25, -0.2) is 0 Å². The van der Waals surface area contributed by atoms with Crippen LogP contribution in [-0.2, 0) is 13.0 Å². The van der Waals surface area contributed by atoms with Crippen LogP contribution in [0.4, 0.5) is 0 Å². The van der Waals surface area contributed by atoms with Crippen LogP contribution in [0.3, 0.4) is 0 Å². The zero-order chi connectivity index (χ0) is 12.0. The van der Waals surface area contributed by atoms with Gasteiger partial charge < -0.3 is 14.8 Å². The highest BCUT2D eigenvalue weighted by atomic mass is 16.3. The molecule has 0 fully saturated rings. The SMILES string of the molecule is CCc1ccc(CNCC(O)CC(C)C)o1. The Kier molecular flexibility index (Phi) is 5.56. The third-order valence-corrected chi connectivity index (χ3v) is 2.49. The molecule has 0 spiro atoms. The summed E-state index contributed by atoms with van der Waals surface area (Å²) >= 11 is 0. The van der Waals surface area contributed by atoms with Crippen molar-refractivity contribution in [2.24, 2.45) is 5.92 Å². The van der Waals surface area contributed by atoms with Crippen molar-refractivity contribution in [1.82, 2.24) is 5.32 Å². The summed E-state index contributed by atoms with van der Waals surface area (Å²) in [5, 5.41) is 12.9. The van der Waals surface area contributed by atoms with Crippen LogP contribution in [0.5, 0.6) is 0 Å². The maximum atomic E-state index is 9.66. The predicted octanol–water partition coefficient (Wildman–Crippen LogP) is 2.34. The molecule has 0 aliphatic heterocycles. The first-order chi connectivity index (χ1) is 7.61. The lowest BCUT2D eigenvalue weighted by Crippen LogP contribution is -2.27. The summed E-state index contributed by atoms with van der Waals surface area (Å²) in [6, 6.07) is 3.99. The molecule has 0 amide bonds. The molecule has 16 heavy (non-hydrogen) atoms. The number of furan rings is 1. The molecular formula is C13H23NO2. The lowest BCUT2D eigenvalue weighted by molar-refractivity contribution is 0.145. The standard InChI is InChI=1S/C13H23NO2/c1-4-12-5-6-13(16-12)9-14-8-11(15)7-10(2)3/h5-6,10-11,14-15H,4,7-9H2,1-3H3. The van der Waals surface area contributed by atoms with Gasteiger partial charge in [0, 0.05) is 13.0 Å². The van der Waals surface area contributed by atoms with Crippen molar-refractivity contribution < 1.29 is 9.52 Å². The van der Waals surface area contributed by atoms with Crippen LogP contribution in [0, 0.1) is 5.92 Å². The molecule has 3 nitrogen and oxygen atoms in total. The van der Waals surface area contributed by atoms with E-state index in [-0.39, 0.29) is 6.10 Å². The van der Waals surface area contributed by atoms with Crippen molar-refractivity contribution in [3.63, 3.8) is 0 Å². The Morgan fingerprint density at radius 2 is 2.00 bits per heavy atom. The Labute approximate surface area is 97.9 Å². The Bertz CT molecular complexity index is 294. The molecule has 0 aliphatic carbocycles. The molecule has 1 unspecified atom stereocenters. The Morgan fingerprint density at radius 1 is 1.31 bits per heavy atom. The minimum Gasteiger partial charge on any atom is -0.465 e. The van der Waals surface area contributed by atoms with Crippen molar-refractivity contribution in [3.05, 3.63) is 23.7 Å². The van der Waals surface area contributed by atoms with Crippen LogP contribution >= 0.6 is 0 Å². The molecule has 0 aromatic carbocycles. The highest BCUT2D eigenvalue weighted by molar-refractivity contribution is 5.06. The van der Waals surface area contributed by atoms with E-state index in [1.807, 2.05) is 12.1 Å². The highest BCUT2D eigenvalue weighted by Gasteiger charge is 2.07. The topological polar surface area (TPSA) is 45.4 Å². The van der Waals surface area contributed by atoms with Crippen molar-refractivity contribution in [3.8, 4) is 0 Å². The third kappa shape index (κ3) is 4.81. The molecule has 92 valence electrons. The van der Waals surface area contributed by atoms with Gasteiger partial charge in [0.1, 0.15) is 11.5 Å². The lowest BCUT2D eigenvalue weighted by Gasteiger charge is -2.13. The zero-order valence-electron chi connectivity index (χ0n) is 10.5. The molecule has 1 aromatic rings. The summed E-state index contributed by atoms with van der Waals surface area (Å²) in [5.41, 5.74) is 0. The summed E-state index contributed by atoms with van der Waals surface area (Å²) < 4.78 is 5.55. The molecule has 1 atom stereocenters. The number of nitrogens with one attached hydrogen (secondary N) is 1. The third-order valence-electron chi connectivity index (χ3n) is 2.49. The molecule has 0 aliphatic rings. The van der Waals surface area contributed by atoms with Crippen molar-refractivity contribution in [1.29, 1.82) is 0 Å². The van der Waals surface area contributed by atoms with E-state index in [2.05, 4.69) is 26.1 Å². The van der Waals surface area contributed by atoms with Gasteiger partial charge in [-0.15, -0.1) is 0 Å². The fourth-order valence-corrected chi connectivity index (χ4v) is 1.70. The average Bonchev–Trinajstić information content (AvgIpc) is 2.64. The van der Waals surface area contributed by atoms with Crippen molar-refractivity contribution in [2.75, 3.05) is 6.54 Å². The van der Waals surface area contributed by atoms with Gasteiger partial charge in [-0.3, -0.25) is 0 Å². The van der Waals surface area contributed by atoms with Crippen LogP contribution in [-0.4, -0.2) is 17.8 Å². The Hall–Kier alpha value is -0.800. The first-order valence-corrected chi connectivity index (χ1v) is 6.08. The van der Waals surface area contributed by atoms with Crippen molar-refractivity contribution >= 4 is 0 Å². The van der Waals surface area contributed by atoms with Gasteiger partial charge in [-0.05, 0) is 24.5 Å². The second kappa shape index (κ2) is 6.71. The first-order valence-electron chi connectivity index (χ1n) is 6.08. The minimum absolute atomic E-state index is 0.263. The molecule has 0 saturated carbocycles. The zero-order valence-corrected chi connectivity index (χ0v) is 10.5. The number of rotatable bonds is 7. The molecule has 3 heteroatoms. The van der Waals surface area contributed by atoms with Gasteiger partial charge in [-0.2, -0.15) is 0 Å². The second-order valence-electron chi connectivity index (χ2n) is 4.64. The van der Waals surface area contributed by atoms with Gasteiger partial charge in [-0.1, -0.05) is 20.8 Å². The highest BCUT2D eigenvalue weighted by Crippen LogP contribution is 2.08. The van der Waals surface area contributed by atoms with Crippen LogP contribution in [0.2, 0.25) is 0 Å². The normalized spacial score (nSPS) is 13.3. The van der Waals surface area contributed by atoms with Gasteiger partial charge in [0.05, 0.1) is 12.6 Å². The van der Waals surface area contributed by atoms with Crippen LogP contribution < -0.4 is 5.32 Å². The minimum atomic E-state index is -0.263. The maximum absolute atomic E-state index is 9.66. The summed E-state index contributed by atoms with van der Waals surface area (Å²) in [5.74, 6) is 2.49. The lowest BCUT2D eigenvalue weighted by atomic mass is 10.1. The summed E-state index contributed by atoms with van der Waals surface area (Å²) in [7, 11) is 0. The van der Waals surface area contributed by atoms with Crippen molar-refractivity contribution in [2.45, 2.75) is 46.3 Å². The molecule has 0 radical (unpaired) electrons. The number of aryl methyl sites for hydroxylation is 1. The van der Waals surface area contributed by atoms with Crippen LogP contribution in [0.25, 0.3) is 0 Å². The fourth-order valence-electron chi connectivity index (χ4n) is 1.70. The second-order valence-corrected chi connectivity index (χ2v) is 4.64. The quantitative estimate of drug-likeness (QED) is 0.748. The smallest absolute Gasteiger partial charge is 0.117 e. The van der Waals surface area contributed by atoms with E-state index in [1.54, 1.807) is 0 Å². The number of hydrogen-bond donors (Lipinski definition) is 2. The first kappa shape index (κ1) is 13.3. The van der Waals surface area contributed by atoms with Crippen LogP contribution in [0.15, 0.2) is 16.5 Å². The Morgan fingerprint density at radius 3 is 2.56 bits per heavy atom. The number of aliphatic hydroxyl groups is 1. The van der Waals surface area contributed by atoms with E-state index in [9.17, 15) is 5.11 Å². The van der Waals surface area contributed by atoms with Gasteiger partial charge >= 0.3 is 0 Å². The average molecular weight is 225 g/mol. The summed E-state index contributed by atoms with van der Waals surface area (Å²) in [6.07, 6.45) is 1.50. The maximum Gasteiger partial charge on any atom is 0.117 e. The fraction of sp³-hybridized carbons (Fsp3) is 0.692. The van der Waals surface area contributed by atoms with E-state index in [4.69, 9.17) is 4.42 Å². The Balaban J connectivity index is 2.19. The molecular weight excluding hydrogens is 202 g/mol. The van der Waals surface area contributed by atoms with Gasteiger partial charge in [0.25, 0.3) is 0 Å². The van der Waals surface area contributed by atoms with Gasteiger partial charge in [0.15, 0.2) is 0 Å². The van der Waals surface area contributed by atoms with E-state index < -0.39 is 0 Å².